The molecule has 1 aliphatic rings. The molecule has 0 spiro atoms. The molecule has 8 heteroatoms. The summed E-state index contributed by atoms with van der Waals surface area (Å²) in [7, 11) is -3.88. The Morgan fingerprint density at radius 1 is 1.48 bits per heavy atom. The lowest BCUT2D eigenvalue weighted by atomic mass is 10.2. The highest BCUT2D eigenvalue weighted by atomic mass is 32.2. The number of nitrogens with one attached hydrogen (secondary N) is 1. The van der Waals surface area contributed by atoms with Crippen LogP contribution in [0.2, 0.25) is 0 Å². The van der Waals surface area contributed by atoms with Gasteiger partial charge in [-0.2, -0.15) is 0 Å². The predicted octanol–water partition coefficient (Wildman–Crippen LogP) is 1.16. The quantitative estimate of drug-likeness (QED) is 0.552. The fourth-order valence-corrected chi connectivity index (χ4v) is 3.34. The Kier molecular flexibility index (Phi) is 5.26. The Morgan fingerprint density at radius 2 is 2.19 bits per heavy atom. The normalized spacial score (nSPS) is 15.1. The van der Waals surface area contributed by atoms with Gasteiger partial charge in [-0.05, 0) is 30.9 Å². The van der Waals surface area contributed by atoms with Crippen molar-refractivity contribution in [3.63, 3.8) is 0 Å². The Morgan fingerprint density at radius 3 is 2.81 bits per heavy atom. The second-order valence-electron chi connectivity index (χ2n) is 4.89. The van der Waals surface area contributed by atoms with Gasteiger partial charge >= 0.3 is 0 Å². The Hall–Kier alpha value is -1.09. The van der Waals surface area contributed by atoms with Crippen molar-refractivity contribution in [1.29, 1.82) is 0 Å². The number of sulfonamides is 1. The summed E-state index contributed by atoms with van der Waals surface area (Å²) in [6.07, 6.45) is 2.35. The largest absolute Gasteiger partial charge is 0.389 e. The van der Waals surface area contributed by atoms with Crippen molar-refractivity contribution < 1.29 is 17.5 Å². The minimum atomic E-state index is -3.88. The number of ether oxygens (including phenoxy) is 1. The second kappa shape index (κ2) is 6.78. The van der Waals surface area contributed by atoms with Crippen molar-refractivity contribution in [3.05, 3.63) is 29.6 Å². The van der Waals surface area contributed by atoms with E-state index in [0.29, 0.717) is 12.5 Å². The molecule has 2 rings (SSSR count). The maximum absolute atomic E-state index is 13.7. The number of nitrogens with two attached hydrogens (primary N) is 1. The molecular weight excluding hydrogens is 315 g/mol. The highest BCUT2D eigenvalue weighted by Gasteiger charge is 2.23. The molecule has 0 aromatic heterocycles. The molecule has 1 fully saturated rings. The van der Waals surface area contributed by atoms with E-state index in [1.54, 1.807) is 0 Å². The molecule has 0 saturated heterocycles. The molecule has 0 unspecified atom stereocenters. The Balaban J connectivity index is 2.01. The van der Waals surface area contributed by atoms with Gasteiger partial charge in [0.1, 0.15) is 10.8 Å². The summed E-state index contributed by atoms with van der Waals surface area (Å²) in [6.45, 7) is 1.04. The lowest BCUT2D eigenvalue weighted by Gasteiger charge is -2.11. The minimum absolute atomic E-state index is 0.113. The molecule has 21 heavy (non-hydrogen) atoms. The van der Waals surface area contributed by atoms with Crippen molar-refractivity contribution in [1.82, 2.24) is 4.72 Å². The van der Waals surface area contributed by atoms with E-state index in [4.69, 9.17) is 22.7 Å². The van der Waals surface area contributed by atoms with Crippen molar-refractivity contribution in [2.24, 2.45) is 11.7 Å². The Labute approximate surface area is 128 Å². The topological polar surface area (TPSA) is 81.4 Å². The van der Waals surface area contributed by atoms with Crippen LogP contribution in [0.25, 0.3) is 0 Å². The van der Waals surface area contributed by atoms with E-state index < -0.39 is 15.8 Å². The van der Waals surface area contributed by atoms with Crippen molar-refractivity contribution in [3.8, 4) is 0 Å². The molecule has 0 aliphatic heterocycles. The molecule has 3 N–H and O–H groups in total. The van der Waals surface area contributed by atoms with E-state index >= 15 is 0 Å². The van der Waals surface area contributed by atoms with Gasteiger partial charge in [-0.1, -0.05) is 18.3 Å². The van der Waals surface area contributed by atoms with Crippen molar-refractivity contribution in [2.75, 3.05) is 19.8 Å². The third kappa shape index (κ3) is 4.44. The third-order valence-electron chi connectivity index (χ3n) is 3.10. The number of rotatable bonds is 8. The van der Waals surface area contributed by atoms with Crippen LogP contribution in [-0.4, -0.2) is 33.2 Å². The van der Waals surface area contributed by atoms with Crippen LogP contribution in [0.15, 0.2) is 23.1 Å². The number of halogens is 1. The zero-order chi connectivity index (χ0) is 15.5. The monoisotopic (exact) mass is 332 g/mol. The van der Waals surface area contributed by atoms with Crippen LogP contribution in [0, 0.1) is 11.7 Å². The molecule has 1 aromatic rings. The van der Waals surface area contributed by atoms with E-state index in [1.807, 2.05) is 0 Å². The van der Waals surface area contributed by atoms with Crippen molar-refractivity contribution >= 4 is 27.2 Å². The number of thiocarbonyl (C=S) groups is 1. The zero-order valence-corrected chi connectivity index (χ0v) is 13.0. The van der Waals surface area contributed by atoms with E-state index in [0.717, 1.165) is 6.07 Å². The molecule has 1 aliphatic carbocycles. The van der Waals surface area contributed by atoms with Crippen LogP contribution in [0.5, 0.6) is 0 Å². The molecule has 5 nitrogen and oxygen atoms in total. The molecule has 0 heterocycles. The van der Waals surface area contributed by atoms with E-state index in [-0.39, 0.29) is 28.6 Å². The first-order valence-corrected chi connectivity index (χ1v) is 8.46. The van der Waals surface area contributed by atoms with Gasteiger partial charge in [-0.3, -0.25) is 0 Å². The van der Waals surface area contributed by atoms with Gasteiger partial charge in [0.05, 0.1) is 17.1 Å². The van der Waals surface area contributed by atoms with Gasteiger partial charge in [-0.25, -0.2) is 17.5 Å². The van der Waals surface area contributed by atoms with E-state index in [2.05, 4.69) is 4.72 Å². The third-order valence-corrected chi connectivity index (χ3v) is 4.81. The van der Waals surface area contributed by atoms with Gasteiger partial charge in [0, 0.05) is 13.2 Å². The molecule has 0 bridgehead atoms. The Bertz CT molecular complexity index is 630. The summed E-state index contributed by atoms with van der Waals surface area (Å²) in [5.41, 5.74) is 5.14. The summed E-state index contributed by atoms with van der Waals surface area (Å²) in [5.74, 6) is -0.138. The average Bonchev–Trinajstić information content (AvgIpc) is 3.21. The second-order valence-corrected chi connectivity index (χ2v) is 7.07. The molecular formula is C13H17FN2O3S2. The van der Waals surface area contributed by atoms with Crippen LogP contribution in [0.4, 0.5) is 4.39 Å². The van der Waals surface area contributed by atoms with Crippen LogP contribution in [0.3, 0.4) is 0 Å². The summed E-state index contributed by atoms with van der Waals surface area (Å²) in [6, 6.07) is 3.69. The zero-order valence-electron chi connectivity index (χ0n) is 11.3. The van der Waals surface area contributed by atoms with Crippen LogP contribution in [-0.2, 0) is 14.8 Å². The molecule has 1 saturated carbocycles. The first-order chi connectivity index (χ1) is 9.92. The first-order valence-electron chi connectivity index (χ1n) is 6.57. The van der Waals surface area contributed by atoms with Crippen LogP contribution < -0.4 is 10.5 Å². The lowest BCUT2D eigenvalue weighted by molar-refractivity contribution is 0.129. The summed E-state index contributed by atoms with van der Waals surface area (Å²) >= 11 is 4.72. The van der Waals surface area contributed by atoms with Crippen molar-refractivity contribution in [2.45, 2.75) is 17.7 Å². The fourth-order valence-electron chi connectivity index (χ4n) is 1.83. The SMILES string of the molecule is NC(=S)c1c(F)cccc1S(=O)(=O)NCCOCC1CC1. The summed E-state index contributed by atoms with van der Waals surface area (Å²) in [5, 5.41) is 0. The average molecular weight is 332 g/mol. The molecule has 0 radical (unpaired) electrons. The molecule has 1 aromatic carbocycles. The maximum atomic E-state index is 13.7. The van der Waals surface area contributed by atoms with Gasteiger partial charge < -0.3 is 10.5 Å². The van der Waals surface area contributed by atoms with Gasteiger partial charge in [0.25, 0.3) is 0 Å². The van der Waals surface area contributed by atoms with Crippen LogP contribution in [0.1, 0.15) is 18.4 Å². The molecule has 0 atom stereocenters. The highest BCUT2D eigenvalue weighted by molar-refractivity contribution is 7.89. The van der Waals surface area contributed by atoms with E-state index in [1.165, 1.54) is 25.0 Å². The highest BCUT2D eigenvalue weighted by Crippen LogP contribution is 2.28. The summed E-state index contributed by atoms with van der Waals surface area (Å²) < 4.78 is 45.7. The lowest BCUT2D eigenvalue weighted by Crippen LogP contribution is -2.30. The standard InChI is InChI=1S/C13H17FN2O3S2/c14-10-2-1-3-11(12(10)13(15)20)21(17,18)16-6-7-19-8-9-4-5-9/h1-3,9,16H,4-8H2,(H2,15,20). The smallest absolute Gasteiger partial charge is 0.241 e. The maximum Gasteiger partial charge on any atom is 0.241 e. The number of hydrogen-bond donors (Lipinski definition) is 2. The van der Waals surface area contributed by atoms with Crippen LogP contribution >= 0.6 is 12.2 Å². The number of hydrogen-bond acceptors (Lipinski definition) is 4. The van der Waals surface area contributed by atoms with E-state index in [9.17, 15) is 12.8 Å². The van der Waals surface area contributed by atoms with Gasteiger partial charge in [0.15, 0.2) is 0 Å². The van der Waals surface area contributed by atoms with Gasteiger partial charge in [-0.15, -0.1) is 0 Å². The number of benzene rings is 1. The first kappa shape index (κ1) is 16.3. The summed E-state index contributed by atoms with van der Waals surface area (Å²) in [4.78, 5) is -0.546. The molecule has 0 amide bonds. The fraction of sp³-hybridized carbons (Fsp3) is 0.462. The minimum Gasteiger partial charge on any atom is -0.389 e. The molecule has 116 valence electrons. The predicted molar refractivity (Wildman–Crippen MR) is 81.0 cm³/mol. The van der Waals surface area contributed by atoms with Gasteiger partial charge in [0.2, 0.25) is 10.0 Å².